The van der Waals surface area contributed by atoms with Gasteiger partial charge in [0.25, 0.3) is 0 Å². The molecule has 0 heterocycles. The summed E-state index contributed by atoms with van der Waals surface area (Å²) in [5.74, 6) is 0. The largest absolute Gasteiger partial charge is 0.384 e. The van der Waals surface area contributed by atoms with E-state index in [0.29, 0.717) is 5.02 Å². The first kappa shape index (κ1) is 12.2. The van der Waals surface area contributed by atoms with Crippen molar-refractivity contribution in [3.63, 3.8) is 0 Å². The summed E-state index contributed by atoms with van der Waals surface area (Å²) in [7, 11) is 0. The molecule has 2 aromatic carbocycles. The van der Waals surface area contributed by atoms with Gasteiger partial charge < -0.3 is 5.11 Å². The summed E-state index contributed by atoms with van der Waals surface area (Å²) in [4.78, 5) is 0. The third-order valence-corrected chi connectivity index (χ3v) is 3.39. The van der Waals surface area contributed by atoms with Crippen LogP contribution in [0.3, 0.4) is 0 Å². The molecule has 1 atom stereocenters. The molecule has 0 aliphatic carbocycles. The zero-order chi connectivity index (χ0) is 12.4. The Morgan fingerprint density at radius 1 is 1.06 bits per heavy atom. The highest BCUT2D eigenvalue weighted by atomic mass is 35.5. The molecule has 0 aliphatic rings. The lowest BCUT2D eigenvalue weighted by atomic mass is 9.99. The molecule has 1 unspecified atom stereocenters. The van der Waals surface area contributed by atoms with Crippen LogP contribution in [0.2, 0.25) is 5.02 Å². The minimum absolute atomic E-state index is 0.640. The lowest BCUT2D eigenvalue weighted by molar-refractivity contribution is 0.220. The molecule has 0 spiro atoms. The Morgan fingerprint density at radius 2 is 1.76 bits per heavy atom. The first-order valence-corrected chi connectivity index (χ1v) is 5.97. The van der Waals surface area contributed by atoms with Gasteiger partial charge in [-0.05, 0) is 25.0 Å². The second kappa shape index (κ2) is 4.91. The van der Waals surface area contributed by atoms with Gasteiger partial charge in [0, 0.05) is 10.6 Å². The number of hydrogen-bond acceptors (Lipinski definition) is 1. The fourth-order valence-corrected chi connectivity index (χ4v) is 2.13. The average Bonchev–Trinajstić information content (AvgIpc) is 2.32. The van der Waals surface area contributed by atoms with E-state index in [4.69, 9.17) is 11.6 Å². The number of halogens is 1. The Bertz CT molecular complexity index is 534. The van der Waals surface area contributed by atoms with Crippen LogP contribution in [0.5, 0.6) is 0 Å². The van der Waals surface area contributed by atoms with Crippen LogP contribution >= 0.6 is 11.6 Å². The quantitative estimate of drug-likeness (QED) is 0.848. The molecule has 2 rings (SSSR count). The topological polar surface area (TPSA) is 20.2 Å². The summed E-state index contributed by atoms with van der Waals surface area (Å²) in [5, 5.41) is 11.0. The van der Waals surface area contributed by atoms with E-state index in [0.717, 1.165) is 22.3 Å². The molecule has 0 saturated carbocycles. The van der Waals surface area contributed by atoms with Crippen LogP contribution in [0.1, 0.15) is 28.4 Å². The van der Waals surface area contributed by atoms with E-state index >= 15 is 0 Å². The van der Waals surface area contributed by atoms with Crippen LogP contribution in [0.15, 0.2) is 42.5 Å². The SMILES string of the molecule is Cc1cccc(C(O)c2cccc(C)c2Cl)c1. The van der Waals surface area contributed by atoms with E-state index in [1.165, 1.54) is 0 Å². The number of hydrogen-bond donors (Lipinski definition) is 1. The van der Waals surface area contributed by atoms with Crippen LogP contribution in [0, 0.1) is 13.8 Å². The first-order valence-electron chi connectivity index (χ1n) is 5.59. The van der Waals surface area contributed by atoms with Crippen molar-refractivity contribution in [3.8, 4) is 0 Å². The Kier molecular flexibility index (Phi) is 3.51. The molecule has 0 aliphatic heterocycles. The average molecular weight is 247 g/mol. The third kappa shape index (κ3) is 2.51. The smallest absolute Gasteiger partial charge is 0.106 e. The second-order valence-electron chi connectivity index (χ2n) is 4.29. The van der Waals surface area contributed by atoms with Gasteiger partial charge in [-0.15, -0.1) is 0 Å². The van der Waals surface area contributed by atoms with Gasteiger partial charge in [-0.3, -0.25) is 0 Å². The van der Waals surface area contributed by atoms with Gasteiger partial charge in [0.2, 0.25) is 0 Å². The van der Waals surface area contributed by atoms with Crippen molar-refractivity contribution in [3.05, 3.63) is 69.7 Å². The summed E-state index contributed by atoms with van der Waals surface area (Å²) in [6.45, 7) is 3.95. The van der Waals surface area contributed by atoms with Crippen molar-refractivity contribution in [1.82, 2.24) is 0 Å². The third-order valence-electron chi connectivity index (χ3n) is 2.87. The Morgan fingerprint density at radius 3 is 2.47 bits per heavy atom. The monoisotopic (exact) mass is 246 g/mol. The van der Waals surface area contributed by atoms with Crippen molar-refractivity contribution in [2.24, 2.45) is 0 Å². The standard InChI is InChI=1S/C15H15ClO/c1-10-5-3-7-12(9-10)15(17)13-8-4-6-11(2)14(13)16/h3-9,15,17H,1-2H3. The molecule has 17 heavy (non-hydrogen) atoms. The van der Waals surface area contributed by atoms with Crippen molar-refractivity contribution < 1.29 is 5.11 Å². The molecule has 0 amide bonds. The predicted molar refractivity (Wildman–Crippen MR) is 71.4 cm³/mol. The number of aliphatic hydroxyl groups is 1. The summed E-state index contributed by atoms with van der Waals surface area (Å²) in [6.07, 6.45) is -0.665. The molecule has 0 bridgehead atoms. The fourth-order valence-electron chi connectivity index (χ4n) is 1.90. The minimum atomic E-state index is -0.665. The van der Waals surface area contributed by atoms with Gasteiger partial charge in [-0.1, -0.05) is 59.6 Å². The number of benzene rings is 2. The maximum Gasteiger partial charge on any atom is 0.106 e. The molecule has 1 N–H and O–H groups in total. The zero-order valence-electron chi connectivity index (χ0n) is 9.94. The lowest BCUT2D eigenvalue weighted by Gasteiger charge is -2.14. The van der Waals surface area contributed by atoms with Gasteiger partial charge in [0.1, 0.15) is 6.10 Å². The normalized spacial score (nSPS) is 12.5. The fraction of sp³-hybridized carbons (Fsp3) is 0.200. The van der Waals surface area contributed by atoms with Gasteiger partial charge in [0.15, 0.2) is 0 Å². The van der Waals surface area contributed by atoms with E-state index in [1.54, 1.807) is 0 Å². The lowest BCUT2D eigenvalue weighted by Crippen LogP contribution is -2.01. The molecular formula is C15H15ClO. The molecular weight excluding hydrogens is 232 g/mol. The van der Waals surface area contributed by atoms with Crippen LogP contribution in [0.25, 0.3) is 0 Å². The van der Waals surface area contributed by atoms with Crippen molar-refractivity contribution in [2.45, 2.75) is 20.0 Å². The zero-order valence-corrected chi connectivity index (χ0v) is 10.7. The van der Waals surface area contributed by atoms with Crippen LogP contribution < -0.4 is 0 Å². The van der Waals surface area contributed by atoms with Crippen molar-refractivity contribution >= 4 is 11.6 Å². The predicted octanol–water partition coefficient (Wildman–Crippen LogP) is 4.04. The number of aliphatic hydroxyl groups excluding tert-OH is 1. The van der Waals surface area contributed by atoms with E-state index < -0.39 is 6.10 Å². The van der Waals surface area contributed by atoms with Crippen molar-refractivity contribution in [2.75, 3.05) is 0 Å². The Hall–Kier alpha value is -1.31. The molecule has 0 fully saturated rings. The van der Waals surface area contributed by atoms with Gasteiger partial charge in [-0.25, -0.2) is 0 Å². The molecule has 0 aromatic heterocycles. The number of aryl methyl sites for hydroxylation is 2. The molecule has 88 valence electrons. The van der Waals surface area contributed by atoms with Crippen LogP contribution in [-0.2, 0) is 0 Å². The maximum absolute atomic E-state index is 10.3. The maximum atomic E-state index is 10.3. The highest BCUT2D eigenvalue weighted by molar-refractivity contribution is 6.32. The highest BCUT2D eigenvalue weighted by Gasteiger charge is 2.14. The molecule has 2 aromatic rings. The highest BCUT2D eigenvalue weighted by Crippen LogP contribution is 2.30. The summed E-state index contributed by atoms with van der Waals surface area (Å²) >= 11 is 6.22. The number of rotatable bonds is 2. The molecule has 2 heteroatoms. The van der Waals surface area contributed by atoms with E-state index in [-0.39, 0.29) is 0 Å². The molecule has 0 saturated heterocycles. The van der Waals surface area contributed by atoms with Crippen LogP contribution in [0.4, 0.5) is 0 Å². The summed E-state index contributed by atoms with van der Waals surface area (Å²) < 4.78 is 0. The second-order valence-corrected chi connectivity index (χ2v) is 4.67. The van der Waals surface area contributed by atoms with Crippen molar-refractivity contribution in [1.29, 1.82) is 0 Å². The summed E-state index contributed by atoms with van der Waals surface area (Å²) in [6, 6.07) is 13.6. The first-order chi connectivity index (χ1) is 8.09. The van der Waals surface area contributed by atoms with E-state index in [9.17, 15) is 5.11 Å². The van der Waals surface area contributed by atoms with Crippen LogP contribution in [-0.4, -0.2) is 5.11 Å². The van der Waals surface area contributed by atoms with E-state index in [1.807, 2.05) is 56.3 Å². The van der Waals surface area contributed by atoms with E-state index in [2.05, 4.69) is 0 Å². The van der Waals surface area contributed by atoms with Gasteiger partial charge >= 0.3 is 0 Å². The van der Waals surface area contributed by atoms with Gasteiger partial charge in [0.05, 0.1) is 0 Å². The Balaban J connectivity index is 2.44. The molecule has 1 nitrogen and oxygen atoms in total. The van der Waals surface area contributed by atoms with Gasteiger partial charge in [-0.2, -0.15) is 0 Å². The summed E-state index contributed by atoms with van der Waals surface area (Å²) in [5.41, 5.74) is 3.75. The molecule has 0 radical (unpaired) electrons. The minimum Gasteiger partial charge on any atom is -0.384 e. The Labute approximate surface area is 107 Å².